The first kappa shape index (κ1) is 16.2. The molecule has 6 nitrogen and oxygen atoms in total. The molecule has 0 unspecified atom stereocenters. The molecular weight excluding hydrogens is 290 g/mol. The second-order valence-electron chi connectivity index (χ2n) is 5.75. The van der Waals surface area contributed by atoms with Crippen molar-refractivity contribution in [2.45, 2.75) is 36.6 Å². The Hall–Kier alpha value is -1.18. The van der Waals surface area contributed by atoms with Crippen LogP contribution in [0.5, 0.6) is 0 Å². The van der Waals surface area contributed by atoms with E-state index in [2.05, 4.69) is 4.98 Å². The number of nitrogens with one attached hydrogen (secondary N) is 1. The number of aromatic amines is 1. The van der Waals surface area contributed by atoms with E-state index in [0.29, 0.717) is 13.1 Å². The van der Waals surface area contributed by atoms with Gasteiger partial charge in [0.15, 0.2) is 0 Å². The molecule has 0 radical (unpaired) electrons. The standard InChI is InChI=1S/C14H23N3O3S/c1-16(2)9-10-17(12-5-3-4-6-12)21(19,20)13-7-8-14(18)15-11-13/h7-8,11-12H,3-6,9-10H2,1-2H3,(H,15,18). The fraction of sp³-hybridized carbons (Fsp3) is 0.643. The van der Waals surface area contributed by atoms with Crippen LogP contribution in [0.15, 0.2) is 28.0 Å². The largest absolute Gasteiger partial charge is 0.328 e. The molecule has 0 atom stereocenters. The zero-order valence-electron chi connectivity index (χ0n) is 12.6. The summed E-state index contributed by atoms with van der Waals surface area (Å²) in [6, 6.07) is 2.71. The minimum Gasteiger partial charge on any atom is -0.328 e. The van der Waals surface area contributed by atoms with Gasteiger partial charge in [-0.2, -0.15) is 4.31 Å². The maximum absolute atomic E-state index is 12.8. The average Bonchev–Trinajstić information content (AvgIpc) is 2.92. The van der Waals surface area contributed by atoms with E-state index in [0.717, 1.165) is 25.7 Å². The van der Waals surface area contributed by atoms with Crippen LogP contribution in [0, 0.1) is 0 Å². The van der Waals surface area contributed by atoms with Gasteiger partial charge in [0.2, 0.25) is 15.6 Å². The van der Waals surface area contributed by atoms with Crippen LogP contribution in [-0.2, 0) is 10.0 Å². The van der Waals surface area contributed by atoms with Crippen molar-refractivity contribution in [3.63, 3.8) is 0 Å². The summed E-state index contributed by atoms with van der Waals surface area (Å²) in [5, 5.41) is 0. The van der Waals surface area contributed by atoms with Crippen LogP contribution < -0.4 is 5.56 Å². The first-order chi connectivity index (χ1) is 9.91. The van der Waals surface area contributed by atoms with E-state index in [1.165, 1.54) is 18.3 Å². The third-order valence-corrected chi connectivity index (χ3v) is 5.81. The van der Waals surface area contributed by atoms with Crippen molar-refractivity contribution in [2.75, 3.05) is 27.2 Å². The molecule has 1 aliphatic rings. The van der Waals surface area contributed by atoms with Crippen LogP contribution in [-0.4, -0.2) is 55.8 Å². The highest BCUT2D eigenvalue weighted by molar-refractivity contribution is 7.89. The lowest BCUT2D eigenvalue weighted by molar-refractivity contribution is 0.282. The van der Waals surface area contributed by atoms with Crippen LogP contribution in [0.25, 0.3) is 0 Å². The predicted octanol–water partition coefficient (Wildman–Crippen LogP) is 0.870. The number of rotatable bonds is 6. The Balaban J connectivity index is 2.28. The molecule has 21 heavy (non-hydrogen) atoms. The van der Waals surface area contributed by atoms with Gasteiger partial charge >= 0.3 is 0 Å². The maximum Gasteiger partial charge on any atom is 0.247 e. The monoisotopic (exact) mass is 313 g/mol. The molecule has 0 aliphatic heterocycles. The van der Waals surface area contributed by atoms with Crippen LogP contribution >= 0.6 is 0 Å². The van der Waals surface area contributed by atoms with Gasteiger partial charge in [0.25, 0.3) is 0 Å². The molecule has 1 N–H and O–H groups in total. The number of aromatic nitrogens is 1. The number of hydrogen-bond donors (Lipinski definition) is 1. The SMILES string of the molecule is CN(C)CCN(C1CCCC1)S(=O)(=O)c1ccc(=O)[nH]c1. The topological polar surface area (TPSA) is 73.5 Å². The number of H-pyrrole nitrogens is 1. The lowest BCUT2D eigenvalue weighted by Crippen LogP contribution is -2.42. The van der Waals surface area contributed by atoms with Gasteiger partial charge in [-0.15, -0.1) is 0 Å². The third kappa shape index (κ3) is 3.93. The van der Waals surface area contributed by atoms with E-state index in [4.69, 9.17) is 0 Å². The van der Waals surface area contributed by atoms with Gasteiger partial charge in [-0.05, 0) is 33.0 Å². The Bertz CT molecular complexity index is 598. The summed E-state index contributed by atoms with van der Waals surface area (Å²) >= 11 is 0. The highest BCUT2D eigenvalue weighted by atomic mass is 32.2. The number of likely N-dealkylation sites (N-methyl/N-ethyl adjacent to an activating group) is 1. The Morgan fingerprint density at radius 3 is 2.38 bits per heavy atom. The number of pyridine rings is 1. The first-order valence-electron chi connectivity index (χ1n) is 7.26. The maximum atomic E-state index is 12.8. The van der Waals surface area contributed by atoms with Crippen molar-refractivity contribution in [3.05, 3.63) is 28.7 Å². The molecule has 0 saturated heterocycles. The van der Waals surface area contributed by atoms with Crippen molar-refractivity contribution in [2.24, 2.45) is 0 Å². The number of hydrogen-bond acceptors (Lipinski definition) is 4. The Morgan fingerprint density at radius 1 is 1.19 bits per heavy atom. The van der Waals surface area contributed by atoms with Crippen LogP contribution in [0.2, 0.25) is 0 Å². The highest BCUT2D eigenvalue weighted by Gasteiger charge is 2.33. The summed E-state index contributed by atoms with van der Waals surface area (Å²) in [5.74, 6) is 0. The zero-order chi connectivity index (χ0) is 15.5. The van der Waals surface area contributed by atoms with Gasteiger partial charge in [0.1, 0.15) is 0 Å². The smallest absolute Gasteiger partial charge is 0.247 e. The van der Waals surface area contributed by atoms with Gasteiger partial charge in [0, 0.05) is 31.4 Å². The summed E-state index contributed by atoms with van der Waals surface area (Å²) in [6.07, 6.45) is 5.26. The molecule has 1 fully saturated rings. The Morgan fingerprint density at radius 2 is 1.86 bits per heavy atom. The van der Waals surface area contributed by atoms with E-state index in [9.17, 15) is 13.2 Å². The summed E-state index contributed by atoms with van der Waals surface area (Å²) in [6.45, 7) is 1.15. The van der Waals surface area contributed by atoms with Gasteiger partial charge in [-0.1, -0.05) is 12.8 Å². The molecular formula is C14H23N3O3S. The molecule has 0 bridgehead atoms. The van der Waals surface area contributed by atoms with Gasteiger partial charge in [-0.25, -0.2) is 8.42 Å². The Kier molecular flexibility index (Phi) is 5.18. The number of sulfonamides is 1. The normalized spacial score (nSPS) is 17.0. The molecule has 0 aromatic carbocycles. The second-order valence-corrected chi connectivity index (χ2v) is 7.64. The van der Waals surface area contributed by atoms with Gasteiger partial charge in [0.05, 0.1) is 4.90 Å². The van der Waals surface area contributed by atoms with E-state index < -0.39 is 10.0 Å². The summed E-state index contributed by atoms with van der Waals surface area (Å²) < 4.78 is 27.3. The van der Waals surface area contributed by atoms with Crippen molar-refractivity contribution >= 4 is 10.0 Å². The highest BCUT2D eigenvalue weighted by Crippen LogP contribution is 2.28. The first-order valence-corrected chi connectivity index (χ1v) is 8.70. The second kappa shape index (κ2) is 6.72. The van der Waals surface area contributed by atoms with Gasteiger partial charge < -0.3 is 9.88 Å². The minimum absolute atomic E-state index is 0.0712. The molecule has 0 spiro atoms. The lowest BCUT2D eigenvalue weighted by atomic mass is 10.2. The van der Waals surface area contributed by atoms with Crippen molar-refractivity contribution in [1.29, 1.82) is 0 Å². The zero-order valence-corrected chi connectivity index (χ0v) is 13.4. The molecule has 7 heteroatoms. The third-order valence-electron chi connectivity index (χ3n) is 3.86. The molecule has 1 aromatic rings. The molecule has 1 aliphatic carbocycles. The summed E-state index contributed by atoms with van der Waals surface area (Å²) in [4.78, 5) is 15.7. The van der Waals surface area contributed by atoms with Crippen molar-refractivity contribution in [1.82, 2.24) is 14.2 Å². The Labute approximate surface area is 125 Å². The molecule has 1 saturated carbocycles. The van der Waals surface area contributed by atoms with E-state index >= 15 is 0 Å². The fourth-order valence-electron chi connectivity index (χ4n) is 2.68. The predicted molar refractivity (Wildman–Crippen MR) is 81.8 cm³/mol. The molecule has 2 rings (SSSR count). The van der Waals surface area contributed by atoms with Crippen molar-refractivity contribution in [3.8, 4) is 0 Å². The fourth-order valence-corrected chi connectivity index (χ4v) is 4.33. The summed E-state index contributed by atoms with van der Waals surface area (Å²) in [7, 11) is 0.300. The van der Waals surface area contributed by atoms with E-state index in [-0.39, 0.29) is 16.5 Å². The van der Waals surface area contributed by atoms with Crippen LogP contribution in [0.4, 0.5) is 0 Å². The lowest BCUT2D eigenvalue weighted by Gasteiger charge is -2.29. The summed E-state index contributed by atoms with van der Waals surface area (Å²) in [5.41, 5.74) is -0.297. The quantitative estimate of drug-likeness (QED) is 0.846. The number of nitrogens with zero attached hydrogens (tertiary/aromatic N) is 2. The molecule has 0 amide bonds. The van der Waals surface area contributed by atoms with Crippen molar-refractivity contribution < 1.29 is 8.42 Å². The van der Waals surface area contributed by atoms with E-state index in [1.807, 2.05) is 19.0 Å². The molecule has 1 heterocycles. The molecule has 118 valence electrons. The van der Waals surface area contributed by atoms with E-state index in [1.54, 1.807) is 4.31 Å². The van der Waals surface area contributed by atoms with Gasteiger partial charge in [-0.3, -0.25) is 4.79 Å². The van der Waals surface area contributed by atoms with Crippen LogP contribution in [0.1, 0.15) is 25.7 Å². The van der Waals surface area contributed by atoms with Crippen LogP contribution in [0.3, 0.4) is 0 Å². The minimum atomic E-state index is -3.56. The average molecular weight is 313 g/mol. The molecule has 1 aromatic heterocycles.